The van der Waals surface area contributed by atoms with Gasteiger partial charge in [-0.05, 0) is 37.5 Å². The van der Waals surface area contributed by atoms with E-state index in [4.69, 9.17) is 0 Å². The van der Waals surface area contributed by atoms with Crippen LogP contribution in [0.1, 0.15) is 31.9 Å². The molecule has 0 saturated carbocycles. The number of nitrogens with zero attached hydrogens (tertiary/aromatic N) is 1. The summed E-state index contributed by atoms with van der Waals surface area (Å²) in [6.07, 6.45) is -4.29. The van der Waals surface area contributed by atoms with Crippen molar-refractivity contribution in [1.82, 2.24) is 5.32 Å². The molecule has 0 radical (unpaired) electrons. The largest absolute Gasteiger partial charge is 0.416 e. The first kappa shape index (κ1) is 16.1. The Morgan fingerprint density at radius 3 is 2.52 bits per heavy atom. The summed E-state index contributed by atoms with van der Waals surface area (Å²) in [5.74, 6) is 0.450. The van der Waals surface area contributed by atoms with Crippen LogP contribution in [0.2, 0.25) is 0 Å². The molecule has 1 aromatic rings. The Kier molecular flexibility index (Phi) is 4.51. The Bertz CT molecular complexity index is 497. The van der Waals surface area contributed by atoms with Gasteiger partial charge >= 0.3 is 6.18 Å². The highest BCUT2D eigenvalue weighted by atomic mass is 19.4. The van der Waals surface area contributed by atoms with E-state index < -0.39 is 11.7 Å². The van der Waals surface area contributed by atoms with Gasteiger partial charge in [-0.25, -0.2) is 0 Å². The van der Waals surface area contributed by atoms with Crippen LogP contribution in [-0.4, -0.2) is 25.2 Å². The van der Waals surface area contributed by atoms with E-state index in [2.05, 4.69) is 24.1 Å². The molecule has 1 fully saturated rings. The minimum absolute atomic E-state index is 0.183. The molecular weight excluding hydrogens is 277 g/mol. The SMILES string of the molecule is Cc1ccc(C(F)(F)F)cc1N1CC(C(C)C)NCC1C. The third-order valence-electron chi connectivity index (χ3n) is 4.25. The van der Waals surface area contributed by atoms with Crippen molar-refractivity contribution in [3.63, 3.8) is 0 Å². The highest BCUT2D eigenvalue weighted by Crippen LogP contribution is 2.34. The van der Waals surface area contributed by atoms with Gasteiger partial charge in [-0.15, -0.1) is 0 Å². The van der Waals surface area contributed by atoms with Gasteiger partial charge in [0, 0.05) is 30.9 Å². The average Bonchev–Trinajstić information content (AvgIpc) is 2.38. The molecule has 1 aliphatic heterocycles. The molecule has 1 aromatic carbocycles. The highest BCUT2D eigenvalue weighted by molar-refractivity contribution is 5.57. The molecule has 0 bridgehead atoms. The summed E-state index contributed by atoms with van der Waals surface area (Å²) < 4.78 is 38.8. The molecule has 21 heavy (non-hydrogen) atoms. The van der Waals surface area contributed by atoms with Gasteiger partial charge in [-0.1, -0.05) is 19.9 Å². The van der Waals surface area contributed by atoms with Gasteiger partial charge in [0.2, 0.25) is 0 Å². The predicted molar refractivity (Wildman–Crippen MR) is 79.6 cm³/mol. The quantitative estimate of drug-likeness (QED) is 0.893. The van der Waals surface area contributed by atoms with Gasteiger partial charge in [-0.3, -0.25) is 0 Å². The number of halogens is 3. The number of nitrogens with one attached hydrogen (secondary N) is 1. The topological polar surface area (TPSA) is 15.3 Å². The molecule has 1 heterocycles. The third kappa shape index (κ3) is 3.51. The molecule has 1 N–H and O–H groups in total. The first-order chi connectivity index (χ1) is 9.70. The Labute approximate surface area is 124 Å². The maximum Gasteiger partial charge on any atom is 0.416 e. The second-order valence-corrected chi connectivity index (χ2v) is 6.26. The fourth-order valence-electron chi connectivity index (χ4n) is 2.77. The number of rotatable bonds is 2. The van der Waals surface area contributed by atoms with Crippen LogP contribution < -0.4 is 10.2 Å². The molecule has 2 unspecified atom stereocenters. The zero-order valence-corrected chi connectivity index (χ0v) is 13.0. The number of anilines is 1. The number of piperazine rings is 1. The molecule has 2 rings (SSSR count). The summed E-state index contributed by atoms with van der Waals surface area (Å²) in [4.78, 5) is 2.10. The minimum atomic E-state index is -4.29. The second-order valence-electron chi connectivity index (χ2n) is 6.26. The van der Waals surface area contributed by atoms with Crippen molar-refractivity contribution in [3.8, 4) is 0 Å². The maximum atomic E-state index is 12.9. The van der Waals surface area contributed by atoms with Gasteiger partial charge in [0.25, 0.3) is 0 Å². The minimum Gasteiger partial charge on any atom is -0.366 e. The van der Waals surface area contributed by atoms with E-state index in [0.29, 0.717) is 17.6 Å². The molecular formula is C16H23F3N2. The first-order valence-electron chi connectivity index (χ1n) is 7.38. The molecule has 1 aliphatic rings. The Hall–Kier alpha value is -1.23. The van der Waals surface area contributed by atoms with Gasteiger partial charge in [0.15, 0.2) is 0 Å². The van der Waals surface area contributed by atoms with Crippen LogP contribution >= 0.6 is 0 Å². The van der Waals surface area contributed by atoms with Crippen molar-refractivity contribution in [3.05, 3.63) is 29.3 Å². The van der Waals surface area contributed by atoms with E-state index >= 15 is 0 Å². The van der Waals surface area contributed by atoms with Crippen molar-refractivity contribution >= 4 is 5.69 Å². The normalized spacial score (nSPS) is 23.7. The zero-order valence-electron chi connectivity index (χ0n) is 13.0. The zero-order chi connectivity index (χ0) is 15.8. The number of benzene rings is 1. The van der Waals surface area contributed by atoms with Crippen LogP contribution in [0.15, 0.2) is 18.2 Å². The number of alkyl halides is 3. The molecule has 1 saturated heterocycles. The number of hydrogen-bond donors (Lipinski definition) is 1. The molecule has 0 aromatic heterocycles. The lowest BCUT2D eigenvalue weighted by Gasteiger charge is -2.42. The fraction of sp³-hybridized carbons (Fsp3) is 0.625. The molecule has 0 aliphatic carbocycles. The maximum absolute atomic E-state index is 12.9. The molecule has 0 spiro atoms. The molecule has 5 heteroatoms. The molecule has 2 atom stereocenters. The molecule has 118 valence electrons. The summed E-state index contributed by atoms with van der Waals surface area (Å²) in [5.41, 5.74) is 1.01. The van der Waals surface area contributed by atoms with E-state index in [1.807, 2.05) is 13.8 Å². The third-order valence-corrected chi connectivity index (χ3v) is 4.25. The van der Waals surface area contributed by atoms with E-state index in [9.17, 15) is 13.2 Å². The van der Waals surface area contributed by atoms with Gasteiger partial charge < -0.3 is 10.2 Å². The van der Waals surface area contributed by atoms with E-state index in [-0.39, 0.29) is 6.04 Å². The lowest BCUT2D eigenvalue weighted by Crippen LogP contribution is -2.57. The van der Waals surface area contributed by atoms with Crippen molar-refractivity contribution in [2.45, 2.75) is 46.0 Å². The average molecular weight is 300 g/mol. The summed E-state index contributed by atoms with van der Waals surface area (Å²) in [7, 11) is 0. The van der Waals surface area contributed by atoms with Crippen molar-refractivity contribution in [2.24, 2.45) is 5.92 Å². The van der Waals surface area contributed by atoms with Crippen LogP contribution in [0, 0.1) is 12.8 Å². The van der Waals surface area contributed by atoms with Gasteiger partial charge in [0.1, 0.15) is 0 Å². The van der Waals surface area contributed by atoms with Crippen LogP contribution in [0.3, 0.4) is 0 Å². The summed E-state index contributed by atoms with van der Waals surface area (Å²) in [5, 5.41) is 3.47. The van der Waals surface area contributed by atoms with E-state index in [1.54, 1.807) is 6.07 Å². The Morgan fingerprint density at radius 1 is 1.29 bits per heavy atom. The first-order valence-corrected chi connectivity index (χ1v) is 7.38. The van der Waals surface area contributed by atoms with Crippen molar-refractivity contribution in [2.75, 3.05) is 18.0 Å². The number of hydrogen-bond acceptors (Lipinski definition) is 2. The van der Waals surface area contributed by atoms with Crippen LogP contribution in [-0.2, 0) is 6.18 Å². The highest BCUT2D eigenvalue weighted by Gasteiger charge is 2.33. The molecule has 0 amide bonds. The van der Waals surface area contributed by atoms with Crippen molar-refractivity contribution < 1.29 is 13.2 Å². The summed E-state index contributed by atoms with van der Waals surface area (Å²) in [6, 6.07) is 4.50. The lowest BCUT2D eigenvalue weighted by atomic mass is 9.98. The second kappa shape index (κ2) is 5.87. The molecule has 2 nitrogen and oxygen atoms in total. The van der Waals surface area contributed by atoms with Crippen LogP contribution in [0.5, 0.6) is 0 Å². The fourth-order valence-corrected chi connectivity index (χ4v) is 2.77. The van der Waals surface area contributed by atoms with E-state index in [1.165, 1.54) is 6.07 Å². The lowest BCUT2D eigenvalue weighted by molar-refractivity contribution is -0.137. The van der Waals surface area contributed by atoms with E-state index in [0.717, 1.165) is 24.7 Å². The predicted octanol–water partition coefficient (Wildman–Crippen LogP) is 3.84. The van der Waals surface area contributed by atoms with Gasteiger partial charge in [0.05, 0.1) is 5.56 Å². The standard InChI is InChI=1S/C16H23F3N2/c1-10(2)14-9-21(12(4)8-20-14)15-7-13(16(17,18)19)6-5-11(15)3/h5-7,10,12,14,20H,8-9H2,1-4H3. The van der Waals surface area contributed by atoms with Crippen LogP contribution in [0.4, 0.5) is 18.9 Å². The summed E-state index contributed by atoms with van der Waals surface area (Å²) in [6.45, 7) is 9.70. The Balaban J connectivity index is 2.34. The van der Waals surface area contributed by atoms with Crippen LogP contribution in [0.25, 0.3) is 0 Å². The van der Waals surface area contributed by atoms with Crippen molar-refractivity contribution in [1.29, 1.82) is 0 Å². The smallest absolute Gasteiger partial charge is 0.366 e. The summed E-state index contributed by atoms with van der Waals surface area (Å²) >= 11 is 0. The monoisotopic (exact) mass is 300 g/mol. The van der Waals surface area contributed by atoms with Gasteiger partial charge in [-0.2, -0.15) is 13.2 Å². The Morgan fingerprint density at radius 2 is 1.95 bits per heavy atom. The number of aryl methyl sites for hydroxylation is 1.